The predicted molar refractivity (Wildman–Crippen MR) is 138 cm³/mol. The van der Waals surface area contributed by atoms with Crippen molar-refractivity contribution in [3.05, 3.63) is 59.2 Å². The highest BCUT2D eigenvalue weighted by atomic mass is 35.5. The Balaban J connectivity index is 1.23. The Morgan fingerprint density at radius 1 is 1.06 bits per heavy atom. The van der Waals surface area contributed by atoms with Crippen molar-refractivity contribution >= 4 is 40.0 Å². The van der Waals surface area contributed by atoms with Crippen LogP contribution in [-0.2, 0) is 9.59 Å². The minimum atomic E-state index is -0.383. The van der Waals surface area contributed by atoms with Gasteiger partial charge in [0.2, 0.25) is 11.8 Å². The Hall–Kier alpha value is -3.36. The molecule has 188 valence electrons. The molecular weight excluding hydrogens is 480 g/mol. The summed E-state index contributed by atoms with van der Waals surface area (Å²) < 4.78 is 10.7. The van der Waals surface area contributed by atoms with E-state index in [1.807, 2.05) is 54.2 Å². The van der Waals surface area contributed by atoms with Crippen LogP contribution in [-0.4, -0.2) is 68.0 Å². The Kier molecular flexibility index (Phi) is 6.49. The molecule has 1 unspecified atom stereocenters. The molecule has 1 aliphatic heterocycles. The van der Waals surface area contributed by atoms with Crippen LogP contribution in [0.15, 0.2) is 48.7 Å². The first kappa shape index (κ1) is 24.3. The van der Waals surface area contributed by atoms with Crippen molar-refractivity contribution in [2.24, 2.45) is 17.8 Å². The van der Waals surface area contributed by atoms with Crippen molar-refractivity contribution in [1.82, 2.24) is 14.8 Å². The van der Waals surface area contributed by atoms with Gasteiger partial charge in [0, 0.05) is 35.5 Å². The van der Waals surface area contributed by atoms with Gasteiger partial charge in [-0.25, -0.2) is 0 Å². The molecule has 2 fully saturated rings. The van der Waals surface area contributed by atoms with Crippen molar-refractivity contribution < 1.29 is 19.1 Å². The molecule has 1 saturated carbocycles. The summed E-state index contributed by atoms with van der Waals surface area (Å²) in [5, 5.41) is 4.49. The van der Waals surface area contributed by atoms with Gasteiger partial charge in [-0.1, -0.05) is 23.7 Å². The van der Waals surface area contributed by atoms with Crippen LogP contribution in [0.5, 0.6) is 11.5 Å². The van der Waals surface area contributed by atoms with Gasteiger partial charge in [0.1, 0.15) is 6.04 Å². The average molecular weight is 509 g/mol. The molecule has 0 radical (unpaired) electrons. The number of anilines is 1. The first-order valence-electron chi connectivity index (χ1n) is 11.8. The minimum absolute atomic E-state index is 0.0272. The van der Waals surface area contributed by atoms with E-state index in [0.717, 1.165) is 16.5 Å². The number of fused-ring (bicyclic) bond motifs is 2. The summed E-state index contributed by atoms with van der Waals surface area (Å²) in [6.07, 6.45) is 1.65. The molecule has 1 N–H and O–H groups in total. The second kappa shape index (κ2) is 9.59. The first-order chi connectivity index (χ1) is 17.3. The van der Waals surface area contributed by atoms with Gasteiger partial charge in [-0.2, -0.15) is 0 Å². The van der Waals surface area contributed by atoms with Gasteiger partial charge in [0.25, 0.3) is 0 Å². The molecule has 2 aliphatic rings. The molecule has 8 nitrogen and oxygen atoms in total. The number of carbonyl (C=O) groups is 2. The van der Waals surface area contributed by atoms with Crippen LogP contribution in [0, 0.1) is 17.8 Å². The zero-order valence-electron chi connectivity index (χ0n) is 20.7. The third-order valence-electron chi connectivity index (χ3n) is 7.20. The number of pyridine rings is 1. The number of nitrogens with zero attached hydrogens (tertiary/aromatic N) is 3. The van der Waals surface area contributed by atoms with Crippen molar-refractivity contribution in [3.8, 4) is 11.5 Å². The van der Waals surface area contributed by atoms with E-state index in [1.54, 1.807) is 32.5 Å². The van der Waals surface area contributed by atoms with Crippen LogP contribution < -0.4 is 14.8 Å². The number of ether oxygens (including phenoxy) is 2. The number of benzene rings is 2. The lowest BCUT2D eigenvalue weighted by molar-refractivity contribution is -0.136. The van der Waals surface area contributed by atoms with E-state index in [2.05, 4.69) is 10.3 Å². The summed E-state index contributed by atoms with van der Waals surface area (Å²) in [6, 6.07) is 12.5. The maximum atomic E-state index is 13.4. The highest BCUT2D eigenvalue weighted by molar-refractivity contribution is 6.30. The molecule has 2 amide bonds. The Morgan fingerprint density at radius 2 is 1.69 bits per heavy atom. The van der Waals surface area contributed by atoms with Crippen LogP contribution in [0.2, 0.25) is 5.02 Å². The monoisotopic (exact) mass is 508 g/mol. The highest BCUT2D eigenvalue weighted by Crippen LogP contribution is 2.52. The van der Waals surface area contributed by atoms with Crippen molar-refractivity contribution in [3.63, 3.8) is 0 Å². The van der Waals surface area contributed by atoms with E-state index in [0.29, 0.717) is 35.3 Å². The lowest BCUT2D eigenvalue weighted by Gasteiger charge is -2.29. The molecule has 0 spiro atoms. The van der Waals surface area contributed by atoms with Crippen LogP contribution in [0.1, 0.15) is 11.6 Å². The van der Waals surface area contributed by atoms with E-state index >= 15 is 0 Å². The van der Waals surface area contributed by atoms with E-state index in [9.17, 15) is 9.59 Å². The van der Waals surface area contributed by atoms with E-state index in [-0.39, 0.29) is 35.6 Å². The summed E-state index contributed by atoms with van der Waals surface area (Å²) in [4.78, 5) is 34.6. The minimum Gasteiger partial charge on any atom is -0.493 e. The summed E-state index contributed by atoms with van der Waals surface area (Å²) in [5.41, 5.74) is 2.29. The third-order valence-corrected chi connectivity index (χ3v) is 7.45. The number of rotatable bonds is 7. The molecular formula is C27H29ClN4O4. The Morgan fingerprint density at radius 3 is 2.31 bits per heavy atom. The number of likely N-dealkylation sites (N-methyl/N-ethyl adjacent to an activating group) is 1. The molecule has 36 heavy (non-hydrogen) atoms. The molecule has 3 aromatic rings. The summed E-state index contributed by atoms with van der Waals surface area (Å²) in [7, 11) is 6.96. The van der Waals surface area contributed by atoms with Gasteiger partial charge in [0.15, 0.2) is 11.5 Å². The maximum absolute atomic E-state index is 13.4. The first-order valence-corrected chi connectivity index (χ1v) is 12.2. The lowest BCUT2D eigenvalue weighted by Crippen LogP contribution is -2.41. The van der Waals surface area contributed by atoms with E-state index < -0.39 is 0 Å². The highest BCUT2D eigenvalue weighted by Gasteiger charge is 2.60. The number of likely N-dealkylation sites (tertiary alicyclic amines) is 1. The normalized spacial score (nSPS) is 21.3. The standard InChI is InChI=1S/C27H29ClN4O4/c1-31(2)25(15-5-7-17(28)8-6-15)27(34)32-13-19-20(14-32)24(19)26(33)30-18-9-16-10-22(35-3)23(36-4)11-21(16)29-12-18/h5-12,19-20,24-25H,13-14H2,1-4H3,(H,30,33)/t19-,20-,25?/m0/s1. The zero-order chi connectivity index (χ0) is 25.6. The lowest BCUT2D eigenvalue weighted by atomic mass is 10.0. The van der Waals surface area contributed by atoms with Crippen molar-refractivity contribution in [2.45, 2.75) is 6.04 Å². The molecule has 1 aromatic heterocycles. The third kappa shape index (κ3) is 4.47. The van der Waals surface area contributed by atoms with Crippen molar-refractivity contribution in [1.29, 1.82) is 0 Å². The quantitative estimate of drug-likeness (QED) is 0.522. The number of methoxy groups -OCH3 is 2. The topological polar surface area (TPSA) is 84.0 Å². The van der Waals surface area contributed by atoms with Gasteiger partial charge in [-0.15, -0.1) is 0 Å². The van der Waals surface area contributed by atoms with Gasteiger partial charge in [-0.05, 0) is 55.8 Å². The fourth-order valence-corrected chi connectivity index (χ4v) is 5.45. The smallest absolute Gasteiger partial charge is 0.244 e. The Labute approximate surface area is 215 Å². The average Bonchev–Trinajstić information content (AvgIpc) is 3.37. The summed E-state index contributed by atoms with van der Waals surface area (Å²) >= 11 is 6.02. The number of carbonyl (C=O) groups excluding carboxylic acids is 2. The molecule has 2 aromatic carbocycles. The fraction of sp³-hybridized carbons (Fsp3) is 0.370. The van der Waals surface area contributed by atoms with E-state index in [1.165, 1.54) is 0 Å². The predicted octanol–water partition coefficient (Wildman–Crippen LogP) is 3.85. The molecule has 1 aliphatic carbocycles. The second-order valence-corrected chi connectivity index (χ2v) is 10.1. The number of piperidine rings is 1. The number of amides is 2. The number of hydrogen-bond donors (Lipinski definition) is 1. The summed E-state index contributed by atoms with van der Waals surface area (Å²) in [5.74, 6) is 1.50. The number of halogens is 1. The Bertz CT molecular complexity index is 1300. The molecule has 0 bridgehead atoms. The van der Waals surface area contributed by atoms with E-state index in [4.69, 9.17) is 21.1 Å². The van der Waals surface area contributed by atoms with Gasteiger partial charge in [-0.3, -0.25) is 19.5 Å². The molecule has 3 atom stereocenters. The number of nitrogens with one attached hydrogen (secondary N) is 1. The molecule has 2 heterocycles. The van der Waals surface area contributed by atoms with Crippen LogP contribution >= 0.6 is 11.6 Å². The maximum Gasteiger partial charge on any atom is 0.244 e. The number of aromatic nitrogens is 1. The molecule has 9 heteroatoms. The van der Waals surface area contributed by atoms with Gasteiger partial charge < -0.3 is 19.7 Å². The SMILES string of the molecule is COc1cc2cc(NC(=O)C3[C@H]4CN(C(=O)C(c5ccc(Cl)cc5)N(C)C)C[C@H]34)cnc2cc1OC. The largest absolute Gasteiger partial charge is 0.493 e. The van der Waals surface area contributed by atoms with Crippen LogP contribution in [0.25, 0.3) is 10.9 Å². The van der Waals surface area contributed by atoms with Crippen LogP contribution in [0.3, 0.4) is 0 Å². The number of hydrogen-bond acceptors (Lipinski definition) is 6. The molecule has 5 rings (SSSR count). The van der Waals surface area contributed by atoms with Crippen LogP contribution in [0.4, 0.5) is 5.69 Å². The van der Waals surface area contributed by atoms with Gasteiger partial charge >= 0.3 is 0 Å². The zero-order valence-corrected chi connectivity index (χ0v) is 21.5. The van der Waals surface area contributed by atoms with Gasteiger partial charge in [0.05, 0.1) is 31.6 Å². The fourth-order valence-electron chi connectivity index (χ4n) is 5.32. The van der Waals surface area contributed by atoms with Crippen molar-refractivity contribution in [2.75, 3.05) is 46.7 Å². The second-order valence-electron chi connectivity index (χ2n) is 9.63. The molecule has 1 saturated heterocycles. The summed E-state index contributed by atoms with van der Waals surface area (Å²) in [6.45, 7) is 1.18.